The average Bonchev–Trinajstić information content (AvgIpc) is 2.88. The SMILES string of the molecule is Cc1cnc(-c2noc(-c3nccnc3N)n2)c(C)c1. The Balaban J connectivity index is 2.04. The van der Waals surface area contributed by atoms with Gasteiger partial charge in [-0.3, -0.25) is 4.98 Å². The summed E-state index contributed by atoms with van der Waals surface area (Å²) in [4.78, 5) is 16.6. The molecule has 3 aromatic heterocycles. The minimum absolute atomic E-state index is 0.229. The van der Waals surface area contributed by atoms with Crippen LogP contribution < -0.4 is 5.73 Å². The molecule has 0 saturated carbocycles. The molecule has 3 aromatic rings. The molecule has 0 aliphatic carbocycles. The highest BCUT2D eigenvalue weighted by Gasteiger charge is 2.16. The number of nitrogens with zero attached hydrogens (tertiary/aromatic N) is 5. The van der Waals surface area contributed by atoms with Gasteiger partial charge in [0.15, 0.2) is 11.5 Å². The molecule has 0 aliphatic rings. The third kappa shape index (κ3) is 2.09. The molecule has 0 atom stereocenters. The van der Waals surface area contributed by atoms with Gasteiger partial charge in [-0.05, 0) is 25.0 Å². The van der Waals surface area contributed by atoms with Crippen LogP contribution in [0, 0.1) is 13.8 Å². The van der Waals surface area contributed by atoms with Gasteiger partial charge in [0.2, 0.25) is 5.82 Å². The van der Waals surface area contributed by atoms with Crippen LogP contribution in [0.4, 0.5) is 5.82 Å². The summed E-state index contributed by atoms with van der Waals surface area (Å²) < 4.78 is 5.19. The quantitative estimate of drug-likeness (QED) is 0.755. The van der Waals surface area contributed by atoms with Crippen LogP contribution in [0.5, 0.6) is 0 Å². The van der Waals surface area contributed by atoms with Gasteiger partial charge in [0.1, 0.15) is 5.69 Å². The van der Waals surface area contributed by atoms with E-state index in [0.717, 1.165) is 11.1 Å². The molecule has 0 amide bonds. The molecule has 100 valence electrons. The average molecular weight is 268 g/mol. The number of hydrogen-bond acceptors (Lipinski definition) is 7. The van der Waals surface area contributed by atoms with Gasteiger partial charge in [-0.2, -0.15) is 4.98 Å². The molecule has 2 N–H and O–H groups in total. The van der Waals surface area contributed by atoms with Crippen LogP contribution in [-0.4, -0.2) is 25.1 Å². The van der Waals surface area contributed by atoms with Gasteiger partial charge in [0.05, 0.1) is 0 Å². The first-order valence-electron chi connectivity index (χ1n) is 5.99. The van der Waals surface area contributed by atoms with Crippen LogP contribution in [0.25, 0.3) is 23.1 Å². The normalized spacial score (nSPS) is 10.7. The van der Waals surface area contributed by atoms with E-state index >= 15 is 0 Å². The maximum Gasteiger partial charge on any atom is 0.280 e. The molecule has 3 heterocycles. The van der Waals surface area contributed by atoms with Gasteiger partial charge in [0.25, 0.3) is 5.89 Å². The number of pyridine rings is 1. The first kappa shape index (κ1) is 12.2. The number of anilines is 1. The van der Waals surface area contributed by atoms with E-state index in [1.165, 1.54) is 12.4 Å². The lowest BCUT2D eigenvalue weighted by atomic mass is 10.1. The van der Waals surface area contributed by atoms with Crippen LogP contribution in [0.3, 0.4) is 0 Å². The van der Waals surface area contributed by atoms with Crippen molar-refractivity contribution >= 4 is 5.82 Å². The van der Waals surface area contributed by atoms with Crippen LogP contribution in [0.15, 0.2) is 29.2 Å². The molecule has 0 aliphatic heterocycles. The summed E-state index contributed by atoms with van der Waals surface area (Å²) >= 11 is 0. The standard InChI is InChI=1S/C13H12N6O/c1-7-5-8(2)9(17-6-7)12-18-13(20-19-12)10-11(14)16-4-3-15-10/h3-6H,1-2H3,(H2,14,16). The fourth-order valence-electron chi connectivity index (χ4n) is 1.88. The van der Waals surface area contributed by atoms with Crippen molar-refractivity contribution in [3.8, 4) is 23.1 Å². The maximum absolute atomic E-state index is 5.73. The van der Waals surface area contributed by atoms with Crippen molar-refractivity contribution in [1.82, 2.24) is 25.1 Å². The summed E-state index contributed by atoms with van der Waals surface area (Å²) in [7, 11) is 0. The lowest BCUT2D eigenvalue weighted by Crippen LogP contribution is -1.96. The van der Waals surface area contributed by atoms with Crippen molar-refractivity contribution in [1.29, 1.82) is 0 Å². The molecular formula is C13H12N6O. The van der Waals surface area contributed by atoms with Crippen LogP contribution in [0.1, 0.15) is 11.1 Å². The highest BCUT2D eigenvalue weighted by molar-refractivity contribution is 5.64. The van der Waals surface area contributed by atoms with E-state index in [2.05, 4.69) is 25.1 Å². The monoisotopic (exact) mass is 268 g/mol. The minimum atomic E-state index is 0.229. The van der Waals surface area contributed by atoms with Gasteiger partial charge in [-0.1, -0.05) is 11.2 Å². The maximum atomic E-state index is 5.73. The predicted octanol–water partition coefficient (Wildman–Crippen LogP) is 1.79. The molecule has 0 bridgehead atoms. The summed E-state index contributed by atoms with van der Waals surface area (Å²) in [6.45, 7) is 3.92. The van der Waals surface area contributed by atoms with E-state index in [0.29, 0.717) is 17.2 Å². The second-order valence-electron chi connectivity index (χ2n) is 4.39. The lowest BCUT2D eigenvalue weighted by Gasteiger charge is -2.00. The van der Waals surface area contributed by atoms with Crippen molar-refractivity contribution in [3.05, 3.63) is 35.8 Å². The van der Waals surface area contributed by atoms with E-state index in [1.54, 1.807) is 6.20 Å². The topological polar surface area (TPSA) is 104 Å². The predicted molar refractivity (Wildman–Crippen MR) is 72.4 cm³/mol. The van der Waals surface area contributed by atoms with E-state index in [4.69, 9.17) is 10.3 Å². The Morgan fingerprint density at radius 2 is 1.85 bits per heavy atom. The zero-order valence-electron chi connectivity index (χ0n) is 11.0. The summed E-state index contributed by atoms with van der Waals surface area (Å²) in [5.74, 6) is 0.881. The number of nitrogen functional groups attached to an aromatic ring is 1. The number of rotatable bonds is 2. The summed E-state index contributed by atoms with van der Waals surface area (Å²) in [6.07, 6.45) is 4.78. The van der Waals surface area contributed by atoms with Crippen molar-refractivity contribution in [2.75, 3.05) is 5.73 Å². The zero-order chi connectivity index (χ0) is 14.1. The summed E-state index contributed by atoms with van der Waals surface area (Å²) in [5.41, 5.74) is 8.83. The molecule has 0 radical (unpaired) electrons. The molecule has 20 heavy (non-hydrogen) atoms. The highest BCUT2D eigenvalue weighted by atomic mass is 16.5. The lowest BCUT2D eigenvalue weighted by molar-refractivity contribution is 0.431. The van der Waals surface area contributed by atoms with Crippen molar-refractivity contribution in [2.24, 2.45) is 0 Å². The Morgan fingerprint density at radius 1 is 1.05 bits per heavy atom. The van der Waals surface area contributed by atoms with E-state index < -0.39 is 0 Å². The second-order valence-corrected chi connectivity index (χ2v) is 4.39. The van der Waals surface area contributed by atoms with Gasteiger partial charge in [-0.15, -0.1) is 0 Å². The minimum Gasteiger partial charge on any atom is -0.382 e. The Bertz CT molecular complexity index is 767. The number of aromatic nitrogens is 5. The van der Waals surface area contributed by atoms with Crippen LogP contribution >= 0.6 is 0 Å². The zero-order valence-corrected chi connectivity index (χ0v) is 11.0. The van der Waals surface area contributed by atoms with Gasteiger partial charge < -0.3 is 10.3 Å². The first-order valence-corrected chi connectivity index (χ1v) is 5.99. The number of aryl methyl sites for hydroxylation is 2. The molecule has 7 nitrogen and oxygen atoms in total. The van der Waals surface area contributed by atoms with Gasteiger partial charge in [-0.25, -0.2) is 9.97 Å². The molecular weight excluding hydrogens is 256 g/mol. The third-order valence-corrected chi connectivity index (χ3v) is 2.78. The summed E-state index contributed by atoms with van der Waals surface area (Å²) in [5, 5.41) is 3.92. The van der Waals surface area contributed by atoms with E-state index in [-0.39, 0.29) is 11.7 Å². The summed E-state index contributed by atoms with van der Waals surface area (Å²) in [6, 6.07) is 2.01. The Labute approximate surface area is 114 Å². The number of nitrogens with two attached hydrogens (primary N) is 1. The largest absolute Gasteiger partial charge is 0.382 e. The molecule has 0 aromatic carbocycles. The molecule has 0 saturated heterocycles. The van der Waals surface area contributed by atoms with Crippen LogP contribution in [-0.2, 0) is 0 Å². The van der Waals surface area contributed by atoms with Crippen molar-refractivity contribution in [3.63, 3.8) is 0 Å². The fraction of sp³-hybridized carbons (Fsp3) is 0.154. The van der Waals surface area contributed by atoms with Gasteiger partial charge >= 0.3 is 0 Å². The van der Waals surface area contributed by atoms with E-state index in [1.807, 2.05) is 19.9 Å². The fourth-order valence-corrected chi connectivity index (χ4v) is 1.88. The Kier molecular flexibility index (Phi) is 2.86. The first-order chi connectivity index (χ1) is 9.65. The second kappa shape index (κ2) is 4.69. The third-order valence-electron chi connectivity index (χ3n) is 2.78. The smallest absolute Gasteiger partial charge is 0.280 e. The van der Waals surface area contributed by atoms with Crippen molar-refractivity contribution in [2.45, 2.75) is 13.8 Å². The molecule has 0 spiro atoms. The molecule has 7 heteroatoms. The molecule has 0 unspecified atom stereocenters. The number of hydrogen-bond donors (Lipinski definition) is 1. The highest BCUT2D eigenvalue weighted by Crippen LogP contribution is 2.24. The van der Waals surface area contributed by atoms with Crippen molar-refractivity contribution < 1.29 is 4.52 Å². The Hall–Kier alpha value is -2.83. The van der Waals surface area contributed by atoms with Crippen LogP contribution in [0.2, 0.25) is 0 Å². The van der Waals surface area contributed by atoms with Gasteiger partial charge in [0, 0.05) is 18.6 Å². The molecule has 3 rings (SSSR count). The molecule has 0 fully saturated rings. The Morgan fingerprint density at radius 3 is 2.60 bits per heavy atom. The van der Waals surface area contributed by atoms with E-state index in [9.17, 15) is 0 Å².